The predicted octanol–water partition coefficient (Wildman–Crippen LogP) is 0.615. The maximum Gasteiger partial charge on any atom is 0.265 e. The van der Waals surface area contributed by atoms with Gasteiger partial charge >= 0.3 is 0 Å². The van der Waals surface area contributed by atoms with Crippen LogP contribution in [0.3, 0.4) is 0 Å². The van der Waals surface area contributed by atoms with E-state index in [-0.39, 0.29) is 25.0 Å². The number of carbonyl (C=O) groups is 2. The van der Waals surface area contributed by atoms with Crippen molar-refractivity contribution in [3.05, 3.63) is 18.2 Å². The SMILES string of the molecule is CN(C(=O)CN1C(=O)COc2cc(N)ccc21)C1CC1. The molecule has 2 amide bonds. The third-order valence-electron chi connectivity index (χ3n) is 3.71. The van der Waals surface area contributed by atoms with Crippen LogP contribution < -0.4 is 15.4 Å². The van der Waals surface area contributed by atoms with E-state index in [0.717, 1.165) is 12.8 Å². The first-order valence-corrected chi connectivity index (χ1v) is 6.64. The molecule has 0 aromatic heterocycles. The molecule has 6 heteroatoms. The van der Waals surface area contributed by atoms with Crippen molar-refractivity contribution in [1.82, 2.24) is 4.90 Å². The van der Waals surface area contributed by atoms with Crippen molar-refractivity contribution in [2.24, 2.45) is 0 Å². The number of anilines is 2. The highest BCUT2D eigenvalue weighted by Crippen LogP contribution is 2.34. The summed E-state index contributed by atoms with van der Waals surface area (Å²) in [6.45, 7) is -0.0109. The molecule has 0 bridgehead atoms. The molecule has 1 heterocycles. The summed E-state index contributed by atoms with van der Waals surface area (Å²) in [5.41, 5.74) is 6.87. The van der Waals surface area contributed by atoms with Gasteiger partial charge in [0.2, 0.25) is 5.91 Å². The highest BCUT2D eigenvalue weighted by atomic mass is 16.5. The minimum absolute atomic E-state index is 0.0477. The fourth-order valence-corrected chi connectivity index (χ4v) is 2.31. The molecule has 1 aromatic rings. The van der Waals surface area contributed by atoms with E-state index in [9.17, 15) is 9.59 Å². The van der Waals surface area contributed by atoms with E-state index >= 15 is 0 Å². The lowest BCUT2D eigenvalue weighted by atomic mass is 10.2. The Morgan fingerprint density at radius 2 is 2.25 bits per heavy atom. The number of ether oxygens (including phenoxy) is 1. The molecule has 106 valence electrons. The van der Waals surface area contributed by atoms with Crippen molar-refractivity contribution >= 4 is 23.2 Å². The number of amides is 2. The van der Waals surface area contributed by atoms with Crippen LogP contribution in [-0.2, 0) is 9.59 Å². The number of likely N-dealkylation sites (N-methyl/N-ethyl adjacent to an activating group) is 1. The van der Waals surface area contributed by atoms with Crippen LogP contribution >= 0.6 is 0 Å². The quantitative estimate of drug-likeness (QED) is 0.820. The molecule has 6 nitrogen and oxygen atoms in total. The fraction of sp³-hybridized carbons (Fsp3) is 0.429. The summed E-state index contributed by atoms with van der Waals surface area (Å²) in [6.07, 6.45) is 2.10. The number of nitrogens with zero attached hydrogens (tertiary/aromatic N) is 2. The molecule has 2 N–H and O–H groups in total. The molecule has 1 aliphatic heterocycles. The van der Waals surface area contributed by atoms with Gasteiger partial charge in [-0.05, 0) is 25.0 Å². The van der Waals surface area contributed by atoms with Crippen molar-refractivity contribution in [3.63, 3.8) is 0 Å². The van der Waals surface area contributed by atoms with Gasteiger partial charge in [0, 0.05) is 24.8 Å². The normalized spacial score (nSPS) is 17.4. The van der Waals surface area contributed by atoms with Crippen molar-refractivity contribution in [1.29, 1.82) is 0 Å². The summed E-state index contributed by atoms with van der Waals surface area (Å²) in [5, 5.41) is 0. The third kappa shape index (κ3) is 2.29. The minimum atomic E-state index is -0.209. The van der Waals surface area contributed by atoms with Crippen LogP contribution in [0.4, 0.5) is 11.4 Å². The molecule has 0 spiro atoms. The minimum Gasteiger partial charge on any atom is -0.481 e. The standard InChI is InChI=1S/C14H17N3O3/c1-16(10-3-4-10)13(18)7-17-11-5-2-9(15)6-12(11)20-8-14(17)19/h2,5-6,10H,3-4,7-8,15H2,1H3. The topological polar surface area (TPSA) is 75.9 Å². The van der Waals surface area contributed by atoms with Crippen molar-refractivity contribution < 1.29 is 14.3 Å². The van der Waals surface area contributed by atoms with Crippen LogP contribution in [0.5, 0.6) is 5.75 Å². The van der Waals surface area contributed by atoms with Crippen LogP contribution in [0.2, 0.25) is 0 Å². The van der Waals surface area contributed by atoms with Gasteiger partial charge in [-0.1, -0.05) is 0 Å². The van der Waals surface area contributed by atoms with E-state index in [2.05, 4.69) is 0 Å². The molecule has 2 aliphatic rings. The number of hydrogen-bond donors (Lipinski definition) is 1. The summed E-state index contributed by atoms with van der Waals surface area (Å²) in [4.78, 5) is 27.4. The molecule has 1 fully saturated rings. The number of hydrogen-bond acceptors (Lipinski definition) is 4. The summed E-state index contributed by atoms with van der Waals surface area (Å²) in [7, 11) is 1.79. The van der Waals surface area contributed by atoms with Gasteiger partial charge in [-0.15, -0.1) is 0 Å². The molecule has 1 aliphatic carbocycles. The number of carbonyl (C=O) groups excluding carboxylic acids is 2. The van der Waals surface area contributed by atoms with Gasteiger partial charge in [-0.2, -0.15) is 0 Å². The Labute approximate surface area is 117 Å². The van der Waals surface area contributed by atoms with E-state index in [1.807, 2.05) is 0 Å². The first-order chi connectivity index (χ1) is 9.56. The molecule has 3 rings (SSSR count). The van der Waals surface area contributed by atoms with Crippen LogP contribution in [0, 0.1) is 0 Å². The molecular weight excluding hydrogens is 258 g/mol. The summed E-state index contributed by atoms with van der Waals surface area (Å²) < 4.78 is 5.35. The van der Waals surface area contributed by atoms with E-state index in [0.29, 0.717) is 23.2 Å². The zero-order valence-electron chi connectivity index (χ0n) is 11.3. The lowest BCUT2D eigenvalue weighted by molar-refractivity contribution is -0.131. The number of nitrogen functional groups attached to an aromatic ring is 1. The van der Waals surface area contributed by atoms with E-state index < -0.39 is 0 Å². The van der Waals surface area contributed by atoms with Gasteiger partial charge in [0.15, 0.2) is 6.61 Å². The monoisotopic (exact) mass is 275 g/mol. The molecule has 0 atom stereocenters. The number of benzene rings is 1. The lowest BCUT2D eigenvalue weighted by Crippen LogP contribution is -2.46. The Morgan fingerprint density at radius 1 is 1.50 bits per heavy atom. The van der Waals surface area contributed by atoms with Crippen LogP contribution in [0.15, 0.2) is 18.2 Å². The Kier molecular flexibility index (Phi) is 3.00. The fourth-order valence-electron chi connectivity index (χ4n) is 2.31. The largest absolute Gasteiger partial charge is 0.481 e. The smallest absolute Gasteiger partial charge is 0.265 e. The predicted molar refractivity (Wildman–Crippen MR) is 74.5 cm³/mol. The van der Waals surface area contributed by atoms with Gasteiger partial charge in [0.25, 0.3) is 5.91 Å². The summed E-state index contributed by atoms with van der Waals surface area (Å²) in [5.74, 6) is 0.289. The number of fused-ring (bicyclic) bond motifs is 1. The average Bonchev–Trinajstić information content (AvgIpc) is 3.25. The van der Waals surface area contributed by atoms with Crippen molar-refractivity contribution in [2.45, 2.75) is 18.9 Å². The second-order valence-electron chi connectivity index (χ2n) is 5.23. The maximum absolute atomic E-state index is 12.2. The molecule has 0 unspecified atom stereocenters. The molecule has 0 radical (unpaired) electrons. The summed E-state index contributed by atoms with van der Waals surface area (Å²) in [6, 6.07) is 5.42. The van der Waals surface area contributed by atoms with Gasteiger partial charge < -0.3 is 15.4 Å². The van der Waals surface area contributed by atoms with E-state index in [1.165, 1.54) is 4.90 Å². The Morgan fingerprint density at radius 3 is 2.95 bits per heavy atom. The van der Waals surface area contributed by atoms with Crippen molar-refractivity contribution in [3.8, 4) is 5.75 Å². The molecule has 1 aromatic carbocycles. The van der Waals surface area contributed by atoms with Crippen LogP contribution in [0.1, 0.15) is 12.8 Å². The van der Waals surface area contributed by atoms with Crippen LogP contribution in [0.25, 0.3) is 0 Å². The van der Waals surface area contributed by atoms with Gasteiger partial charge in [0.05, 0.1) is 5.69 Å². The van der Waals surface area contributed by atoms with Gasteiger partial charge in [-0.3, -0.25) is 14.5 Å². The zero-order chi connectivity index (χ0) is 14.3. The van der Waals surface area contributed by atoms with Gasteiger partial charge in [-0.25, -0.2) is 0 Å². The molecule has 0 saturated heterocycles. The van der Waals surface area contributed by atoms with Gasteiger partial charge in [0.1, 0.15) is 12.3 Å². The van der Waals surface area contributed by atoms with Crippen molar-refractivity contribution in [2.75, 3.05) is 30.8 Å². The highest BCUT2D eigenvalue weighted by molar-refractivity contribution is 6.02. The van der Waals surface area contributed by atoms with E-state index in [4.69, 9.17) is 10.5 Å². The molecular formula is C14H17N3O3. The summed E-state index contributed by atoms with van der Waals surface area (Å²) >= 11 is 0. The average molecular weight is 275 g/mol. The lowest BCUT2D eigenvalue weighted by Gasteiger charge is -2.30. The zero-order valence-corrected chi connectivity index (χ0v) is 11.3. The first-order valence-electron chi connectivity index (χ1n) is 6.64. The second kappa shape index (κ2) is 4.70. The Hall–Kier alpha value is -2.24. The number of nitrogens with two attached hydrogens (primary N) is 1. The Bertz CT molecular complexity index is 569. The second-order valence-corrected chi connectivity index (χ2v) is 5.23. The van der Waals surface area contributed by atoms with E-state index in [1.54, 1.807) is 30.1 Å². The maximum atomic E-state index is 12.2. The molecule has 1 saturated carbocycles. The number of rotatable bonds is 3. The molecule has 20 heavy (non-hydrogen) atoms. The Balaban J connectivity index is 1.81. The third-order valence-corrected chi connectivity index (χ3v) is 3.71. The van der Waals surface area contributed by atoms with Crippen LogP contribution in [-0.4, -0.2) is 43.0 Å². The highest BCUT2D eigenvalue weighted by Gasteiger charge is 2.33. The first kappa shape index (κ1) is 12.8.